The number of primary amides is 1. The van der Waals surface area contributed by atoms with Gasteiger partial charge in [0.05, 0.1) is 6.61 Å². The fourth-order valence-electron chi connectivity index (χ4n) is 1.81. The molecule has 0 heterocycles. The van der Waals surface area contributed by atoms with E-state index in [0.717, 1.165) is 5.75 Å². The third-order valence-electron chi connectivity index (χ3n) is 2.85. The Hall–Kier alpha value is -3.02. The second-order valence-electron chi connectivity index (χ2n) is 4.48. The maximum atomic E-state index is 11.9. The largest absolute Gasteiger partial charge is 0.494 e. The summed E-state index contributed by atoms with van der Waals surface area (Å²) in [4.78, 5) is 22.8. The van der Waals surface area contributed by atoms with Crippen LogP contribution in [0.4, 0.5) is 16.2 Å². The van der Waals surface area contributed by atoms with E-state index in [1.54, 1.807) is 48.5 Å². The van der Waals surface area contributed by atoms with Gasteiger partial charge in [-0.15, -0.1) is 0 Å². The van der Waals surface area contributed by atoms with E-state index in [1.165, 1.54) is 0 Å². The molecule has 2 aromatic rings. The topological polar surface area (TPSA) is 93.4 Å². The lowest BCUT2D eigenvalue weighted by atomic mass is 10.2. The predicted octanol–water partition coefficient (Wildman–Crippen LogP) is 2.83. The first-order valence-electron chi connectivity index (χ1n) is 6.79. The van der Waals surface area contributed by atoms with Crippen LogP contribution in [0.1, 0.15) is 17.3 Å². The van der Waals surface area contributed by atoms with Gasteiger partial charge in [0, 0.05) is 16.9 Å². The Balaban J connectivity index is 1.93. The Bertz CT molecular complexity index is 651. The highest BCUT2D eigenvalue weighted by atomic mass is 16.5. The number of amides is 3. The van der Waals surface area contributed by atoms with Crippen molar-refractivity contribution in [3.8, 4) is 5.75 Å². The number of benzene rings is 2. The van der Waals surface area contributed by atoms with Crippen molar-refractivity contribution >= 4 is 23.3 Å². The zero-order chi connectivity index (χ0) is 15.9. The van der Waals surface area contributed by atoms with Gasteiger partial charge in [-0.25, -0.2) is 4.79 Å². The van der Waals surface area contributed by atoms with Crippen LogP contribution in [0, 0.1) is 0 Å². The molecule has 0 saturated heterocycles. The molecule has 22 heavy (non-hydrogen) atoms. The van der Waals surface area contributed by atoms with Crippen molar-refractivity contribution in [2.45, 2.75) is 6.92 Å². The summed E-state index contributed by atoms with van der Waals surface area (Å²) in [5.74, 6) is 0.237. The zero-order valence-electron chi connectivity index (χ0n) is 12.1. The molecule has 0 bridgehead atoms. The quantitative estimate of drug-likeness (QED) is 0.792. The summed E-state index contributed by atoms with van der Waals surface area (Å²) in [7, 11) is 0. The monoisotopic (exact) mass is 299 g/mol. The SMILES string of the molecule is CCOc1ccc(NC(=O)Nc2ccc(C(N)=O)cc2)cc1. The molecule has 2 rings (SSSR count). The smallest absolute Gasteiger partial charge is 0.323 e. The molecule has 6 heteroatoms. The average molecular weight is 299 g/mol. The average Bonchev–Trinajstić information content (AvgIpc) is 2.50. The van der Waals surface area contributed by atoms with E-state index < -0.39 is 5.91 Å². The van der Waals surface area contributed by atoms with E-state index in [4.69, 9.17) is 10.5 Å². The number of nitrogens with two attached hydrogens (primary N) is 1. The first-order chi connectivity index (χ1) is 10.6. The number of carbonyl (C=O) groups excluding carboxylic acids is 2. The van der Waals surface area contributed by atoms with Crippen molar-refractivity contribution < 1.29 is 14.3 Å². The molecule has 114 valence electrons. The van der Waals surface area contributed by atoms with Gasteiger partial charge >= 0.3 is 6.03 Å². The molecule has 0 aromatic heterocycles. The molecule has 2 aromatic carbocycles. The van der Waals surface area contributed by atoms with Crippen molar-refractivity contribution in [2.24, 2.45) is 5.73 Å². The highest BCUT2D eigenvalue weighted by Gasteiger charge is 2.04. The Labute approximate surface area is 128 Å². The fourth-order valence-corrected chi connectivity index (χ4v) is 1.81. The van der Waals surface area contributed by atoms with Crippen LogP contribution in [0.2, 0.25) is 0 Å². The van der Waals surface area contributed by atoms with Crippen LogP contribution in [-0.4, -0.2) is 18.5 Å². The number of urea groups is 1. The van der Waals surface area contributed by atoms with Gasteiger partial charge in [-0.3, -0.25) is 4.79 Å². The minimum atomic E-state index is -0.509. The van der Waals surface area contributed by atoms with E-state index in [9.17, 15) is 9.59 Å². The summed E-state index contributed by atoms with van der Waals surface area (Å²) in [6.07, 6.45) is 0. The van der Waals surface area contributed by atoms with Gasteiger partial charge in [-0.05, 0) is 55.5 Å². The number of nitrogens with one attached hydrogen (secondary N) is 2. The van der Waals surface area contributed by atoms with E-state index in [0.29, 0.717) is 23.5 Å². The van der Waals surface area contributed by atoms with E-state index in [2.05, 4.69) is 10.6 Å². The van der Waals surface area contributed by atoms with E-state index >= 15 is 0 Å². The van der Waals surface area contributed by atoms with Gasteiger partial charge < -0.3 is 21.1 Å². The lowest BCUT2D eigenvalue weighted by molar-refractivity contribution is 0.100. The Kier molecular flexibility index (Phi) is 4.98. The summed E-state index contributed by atoms with van der Waals surface area (Å²) < 4.78 is 5.33. The molecule has 0 atom stereocenters. The molecule has 0 spiro atoms. The van der Waals surface area contributed by atoms with Gasteiger partial charge in [0.2, 0.25) is 5.91 Å². The van der Waals surface area contributed by atoms with Crippen LogP contribution in [0.15, 0.2) is 48.5 Å². The van der Waals surface area contributed by atoms with Crippen LogP contribution < -0.4 is 21.1 Å². The van der Waals surface area contributed by atoms with Gasteiger partial charge in [0.25, 0.3) is 0 Å². The summed E-state index contributed by atoms with van der Waals surface area (Å²) >= 11 is 0. The zero-order valence-corrected chi connectivity index (χ0v) is 12.1. The molecule has 4 N–H and O–H groups in total. The molecule has 6 nitrogen and oxygen atoms in total. The van der Waals surface area contributed by atoms with Crippen molar-refractivity contribution in [3.63, 3.8) is 0 Å². The number of ether oxygens (including phenoxy) is 1. The minimum Gasteiger partial charge on any atom is -0.494 e. The molecule has 3 amide bonds. The first kappa shape index (κ1) is 15.4. The second-order valence-corrected chi connectivity index (χ2v) is 4.48. The number of hydrogen-bond acceptors (Lipinski definition) is 3. The molecule has 0 saturated carbocycles. The van der Waals surface area contributed by atoms with Crippen LogP contribution in [-0.2, 0) is 0 Å². The highest BCUT2D eigenvalue weighted by molar-refractivity contribution is 6.00. The van der Waals surface area contributed by atoms with Crippen molar-refractivity contribution in [2.75, 3.05) is 17.2 Å². The first-order valence-corrected chi connectivity index (χ1v) is 6.79. The standard InChI is InChI=1S/C16H17N3O3/c1-2-22-14-9-7-13(8-10-14)19-16(21)18-12-5-3-11(4-6-12)15(17)20/h3-10H,2H2,1H3,(H2,17,20)(H2,18,19,21). The van der Waals surface area contributed by atoms with Crippen molar-refractivity contribution in [1.29, 1.82) is 0 Å². The Morgan fingerprint density at radius 3 is 1.91 bits per heavy atom. The van der Waals surface area contributed by atoms with Gasteiger partial charge in [-0.1, -0.05) is 0 Å². The van der Waals surface area contributed by atoms with Gasteiger partial charge in [0.1, 0.15) is 5.75 Å². The van der Waals surface area contributed by atoms with Crippen LogP contribution >= 0.6 is 0 Å². The van der Waals surface area contributed by atoms with Crippen LogP contribution in [0.5, 0.6) is 5.75 Å². The minimum absolute atomic E-state index is 0.379. The Morgan fingerprint density at radius 1 is 0.955 bits per heavy atom. The van der Waals surface area contributed by atoms with Crippen molar-refractivity contribution in [1.82, 2.24) is 0 Å². The lowest BCUT2D eigenvalue weighted by Crippen LogP contribution is -2.19. The summed E-state index contributed by atoms with van der Waals surface area (Å²) in [5.41, 5.74) is 6.75. The molecule has 0 fully saturated rings. The normalized spacial score (nSPS) is 9.86. The number of carbonyl (C=O) groups is 2. The van der Waals surface area contributed by atoms with Gasteiger partial charge in [0.15, 0.2) is 0 Å². The fraction of sp³-hybridized carbons (Fsp3) is 0.125. The molecule has 0 aliphatic carbocycles. The molecular formula is C16H17N3O3. The van der Waals surface area contributed by atoms with Crippen LogP contribution in [0.3, 0.4) is 0 Å². The maximum absolute atomic E-state index is 11.9. The highest BCUT2D eigenvalue weighted by Crippen LogP contribution is 2.16. The van der Waals surface area contributed by atoms with E-state index in [-0.39, 0.29) is 6.03 Å². The number of hydrogen-bond donors (Lipinski definition) is 3. The third-order valence-corrected chi connectivity index (χ3v) is 2.85. The molecule has 0 aliphatic rings. The number of anilines is 2. The Morgan fingerprint density at radius 2 is 1.45 bits per heavy atom. The maximum Gasteiger partial charge on any atom is 0.323 e. The molecule has 0 unspecified atom stereocenters. The lowest BCUT2D eigenvalue weighted by Gasteiger charge is -2.09. The summed E-state index contributed by atoms with van der Waals surface area (Å²) in [6.45, 7) is 2.50. The van der Waals surface area contributed by atoms with Gasteiger partial charge in [-0.2, -0.15) is 0 Å². The summed E-state index contributed by atoms with van der Waals surface area (Å²) in [6, 6.07) is 13.0. The van der Waals surface area contributed by atoms with Crippen LogP contribution in [0.25, 0.3) is 0 Å². The second kappa shape index (κ2) is 7.12. The summed E-state index contributed by atoms with van der Waals surface area (Å²) in [5, 5.41) is 5.36. The predicted molar refractivity (Wildman–Crippen MR) is 85.2 cm³/mol. The molecular weight excluding hydrogens is 282 g/mol. The van der Waals surface area contributed by atoms with Crippen molar-refractivity contribution in [3.05, 3.63) is 54.1 Å². The molecule has 0 radical (unpaired) electrons. The van der Waals surface area contributed by atoms with E-state index in [1.807, 2.05) is 6.92 Å². The molecule has 0 aliphatic heterocycles. The third kappa shape index (κ3) is 4.24. The number of rotatable bonds is 5.